The van der Waals surface area contributed by atoms with Crippen molar-refractivity contribution in [2.24, 2.45) is 18.4 Å². The first-order chi connectivity index (χ1) is 17.7. The van der Waals surface area contributed by atoms with Crippen LogP contribution in [0.15, 0.2) is 60.3 Å². The number of hydrogen-bond acceptors (Lipinski definition) is 5. The number of allylic oxidation sites excluding steroid dienone is 5. The van der Waals surface area contributed by atoms with E-state index in [2.05, 4.69) is 67.4 Å². The summed E-state index contributed by atoms with van der Waals surface area (Å²) in [5, 5.41) is 4.88. The summed E-state index contributed by atoms with van der Waals surface area (Å²) in [6.45, 7) is 9.66. The monoisotopic (exact) mass is 501 g/mol. The van der Waals surface area contributed by atoms with Gasteiger partial charge in [0.1, 0.15) is 29.2 Å². The van der Waals surface area contributed by atoms with E-state index < -0.39 is 0 Å². The molecule has 4 heterocycles. The highest BCUT2D eigenvalue weighted by Gasteiger charge is 2.32. The third-order valence-corrected chi connectivity index (χ3v) is 7.36. The second-order valence-corrected chi connectivity index (χ2v) is 11.0. The molecule has 0 aromatic carbocycles. The number of aromatic nitrogens is 6. The highest BCUT2D eigenvalue weighted by molar-refractivity contribution is 5.53. The fourth-order valence-corrected chi connectivity index (χ4v) is 5.09. The molecule has 2 unspecified atom stereocenters. The van der Waals surface area contributed by atoms with E-state index in [1.54, 1.807) is 14.2 Å². The largest absolute Gasteiger partial charge is 0.497 e. The van der Waals surface area contributed by atoms with Crippen molar-refractivity contribution in [3.8, 4) is 23.1 Å². The van der Waals surface area contributed by atoms with Crippen LogP contribution in [0.5, 0.6) is 5.88 Å². The van der Waals surface area contributed by atoms with Crippen LogP contribution in [-0.2, 0) is 18.3 Å². The molecular weight excluding hydrogens is 464 g/mol. The van der Waals surface area contributed by atoms with Gasteiger partial charge in [0.05, 0.1) is 21.3 Å². The van der Waals surface area contributed by atoms with Gasteiger partial charge in [-0.25, -0.2) is 19.2 Å². The number of pyridine rings is 1. The molecule has 0 bridgehead atoms. The number of nitrogens with zero attached hydrogens (tertiary/aromatic N) is 6. The van der Waals surface area contributed by atoms with Crippen LogP contribution in [-0.4, -0.2) is 38.5 Å². The third kappa shape index (κ3) is 4.84. The number of imidazole rings is 1. The number of fused-ring (bicyclic) bond motifs is 1. The number of ether oxygens (including phenoxy) is 2. The molecule has 0 N–H and O–H groups in total. The van der Waals surface area contributed by atoms with Crippen LogP contribution in [0.25, 0.3) is 17.2 Å². The number of methoxy groups -OCH3 is 2. The normalized spacial score (nSPS) is 19.6. The lowest BCUT2D eigenvalue weighted by molar-refractivity contribution is -0.595. The van der Waals surface area contributed by atoms with Crippen molar-refractivity contribution in [1.82, 2.24) is 24.3 Å². The maximum atomic E-state index is 5.67. The molecule has 0 fully saturated rings. The minimum absolute atomic E-state index is 0.0385. The molecule has 0 saturated carbocycles. The summed E-state index contributed by atoms with van der Waals surface area (Å²) < 4.78 is 17.5. The molecule has 0 radical (unpaired) electrons. The number of rotatable bonds is 5. The van der Waals surface area contributed by atoms with Crippen molar-refractivity contribution >= 4 is 0 Å². The van der Waals surface area contributed by atoms with E-state index in [0.29, 0.717) is 17.4 Å². The molecule has 2 aliphatic rings. The minimum atomic E-state index is 0.0385. The van der Waals surface area contributed by atoms with Gasteiger partial charge in [-0.3, -0.25) is 0 Å². The molecule has 0 saturated heterocycles. The molecule has 3 aromatic rings. The second-order valence-electron chi connectivity index (χ2n) is 11.0. The van der Waals surface area contributed by atoms with Crippen molar-refractivity contribution in [2.75, 3.05) is 14.2 Å². The fourth-order valence-electron chi connectivity index (χ4n) is 5.09. The Morgan fingerprint density at radius 1 is 1.05 bits per heavy atom. The Bertz CT molecular complexity index is 1380. The Morgan fingerprint density at radius 2 is 1.86 bits per heavy atom. The average molecular weight is 502 g/mol. The van der Waals surface area contributed by atoms with Crippen LogP contribution in [0.1, 0.15) is 51.0 Å². The first-order valence-corrected chi connectivity index (χ1v) is 12.9. The smallest absolute Gasteiger partial charge is 0.262 e. The summed E-state index contributed by atoms with van der Waals surface area (Å²) in [6.07, 6.45) is 15.0. The standard InChI is InChI=1S/C29H37N6O2/c1-19-17-34(18-33(19)5)25-13-12-24(30-28(25)37-7)26-31-27-23(9-8-14-35(27)32-26)20-15-21(29(2,3)4)10-11-22(16-20)36-6/h10-13,15-18,20,23H,8-9,14H2,1-7H3/q+1. The first-order valence-electron chi connectivity index (χ1n) is 12.9. The molecule has 1 aliphatic carbocycles. The zero-order chi connectivity index (χ0) is 26.3. The average Bonchev–Trinajstić information content (AvgIpc) is 3.37. The molecule has 2 atom stereocenters. The summed E-state index contributed by atoms with van der Waals surface area (Å²) in [5.41, 5.74) is 4.06. The van der Waals surface area contributed by atoms with Gasteiger partial charge in [0, 0.05) is 25.3 Å². The van der Waals surface area contributed by atoms with Gasteiger partial charge >= 0.3 is 0 Å². The molecule has 0 amide bonds. The Hall–Kier alpha value is -3.68. The van der Waals surface area contributed by atoms with Crippen LogP contribution >= 0.6 is 0 Å². The second kappa shape index (κ2) is 9.65. The van der Waals surface area contributed by atoms with Crippen molar-refractivity contribution in [3.05, 3.63) is 71.8 Å². The number of aryl methyl sites for hydroxylation is 3. The van der Waals surface area contributed by atoms with Gasteiger partial charge in [-0.15, -0.1) is 5.10 Å². The molecule has 5 rings (SSSR count). The summed E-state index contributed by atoms with van der Waals surface area (Å²) in [5.74, 6) is 3.43. The molecule has 3 aromatic heterocycles. The van der Waals surface area contributed by atoms with Crippen molar-refractivity contribution in [1.29, 1.82) is 0 Å². The van der Waals surface area contributed by atoms with E-state index in [4.69, 9.17) is 24.5 Å². The Morgan fingerprint density at radius 3 is 2.54 bits per heavy atom. The minimum Gasteiger partial charge on any atom is -0.497 e. The molecule has 8 nitrogen and oxygen atoms in total. The van der Waals surface area contributed by atoms with E-state index in [0.717, 1.165) is 42.4 Å². The highest BCUT2D eigenvalue weighted by atomic mass is 16.5. The van der Waals surface area contributed by atoms with Gasteiger partial charge < -0.3 is 9.47 Å². The van der Waals surface area contributed by atoms with Crippen molar-refractivity contribution < 1.29 is 14.0 Å². The number of hydrogen-bond donors (Lipinski definition) is 0. The van der Waals surface area contributed by atoms with Crippen LogP contribution < -0.4 is 9.30 Å². The van der Waals surface area contributed by atoms with Gasteiger partial charge in [0.15, 0.2) is 11.5 Å². The molecular formula is C29H37N6O2+. The lowest BCUT2D eigenvalue weighted by Gasteiger charge is -2.28. The van der Waals surface area contributed by atoms with Gasteiger partial charge in [0.25, 0.3) is 5.88 Å². The van der Waals surface area contributed by atoms with Crippen molar-refractivity contribution in [2.45, 2.75) is 53.0 Å². The van der Waals surface area contributed by atoms with Crippen LogP contribution in [0, 0.1) is 18.3 Å². The van der Waals surface area contributed by atoms with Crippen LogP contribution in [0.4, 0.5) is 0 Å². The quantitative estimate of drug-likeness (QED) is 0.468. The topological polar surface area (TPSA) is 70.9 Å². The predicted octanol–water partition coefficient (Wildman–Crippen LogP) is 4.84. The van der Waals surface area contributed by atoms with E-state index in [1.807, 2.05) is 30.1 Å². The Kier molecular flexibility index (Phi) is 6.52. The molecule has 37 heavy (non-hydrogen) atoms. The summed E-state index contributed by atoms with van der Waals surface area (Å²) in [6, 6.07) is 3.99. The lowest BCUT2D eigenvalue weighted by Crippen LogP contribution is -2.28. The molecule has 0 spiro atoms. The Labute approximate surface area is 219 Å². The molecule has 1 aliphatic heterocycles. The van der Waals surface area contributed by atoms with Gasteiger partial charge in [0.2, 0.25) is 6.33 Å². The molecule has 194 valence electrons. The lowest BCUT2D eigenvalue weighted by atomic mass is 9.80. The predicted molar refractivity (Wildman–Crippen MR) is 142 cm³/mol. The van der Waals surface area contributed by atoms with Gasteiger partial charge in [-0.2, -0.15) is 4.57 Å². The van der Waals surface area contributed by atoms with E-state index in [9.17, 15) is 0 Å². The Balaban J connectivity index is 1.52. The van der Waals surface area contributed by atoms with Gasteiger partial charge in [-0.1, -0.05) is 32.9 Å². The first kappa shape index (κ1) is 25.0. The maximum Gasteiger partial charge on any atom is 0.262 e. The zero-order valence-electron chi connectivity index (χ0n) is 22.9. The van der Waals surface area contributed by atoms with E-state index in [1.165, 1.54) is 5.57 Å². The zero-order valence-corrected chi connectivity index (χ0v) is 22.9. The third-order valence-electron chi connectivity index (χ3n) is 7.36. The fraction of sp³-hybridized carbons (Fsp3) is 0.448. The van der Waals surface area contributed by atoms with E-state index in [-0.39, 0.29) is 17.3 Å². The van der Waals surface area contributed by atoms with E-state index >= 15 is 0 Å². The molecule has 8 heteroatoms. The van der Waals surface area contributed by atoms with Crippen LogP contribution in [0.2, 0.25) is 0 Å². The summed E-state index contributed by atoms with van der Waals surface area (Å²) in [4.78, 5) is 9.84. The summed E-state index contributed by atoms with van der Waals surface area (Å²) >= 11 is 0. The van der Waals surface area contributed by atoms with Crippen molar-refractivity contribution in [3.63, 3.8) is 0 Å². The highest BCUT2D eigenvalue weighted by Crippen LogP contribution is 2.40. The van der Waals surface area contributed by atoms with Crippen LogP contribution in [0.3, 0.4) is 0 Å². The van der Waals surface area contributed by atoms with Gasteiger partial charge in [-0.05, 0) is 48.1 Å². The summed E-state index contributed by atoms with van der Waals surface area (Å²) in [7, 11) is 5.39. The SMILES string of the molecule is COC1=CC(C2CCCn3nc(-c4ccc(-[n+]5cc(C)n(C)c5)c(OC)n4)nc32)C=C(C(C)(C)C)C=C1. The maximum absolute atomic E-state index is 5.67.